The van der Waals surface area contributed by atoms with Crippen LogP contribution in [0.15, 0.2) is 24.3 Å². The average Bonchev–Trinajstić information content (AvgIpc) is 2.69. The highest BCUT2D eigenvalue weighted by molar-refractivity contribution is 5.31. The number of rotatable bonds is 11. The molecule has 1 heterocycles. The summed E-state index contributed by atoms with van der Waals surface area (Å²) in [6, 6.07) is 7.77. The second-order valence-electron chi connectivity index (χ2n) is 7.67. The summed E-state index contributed by atoms with van der Waals surface area (Å²) in [5, 5.41) is 39.8. The molecule has 0 amide bonds. The van der Waals surface area contributed by atoms with Crippen molar-refractivity contribution in [3.8, 4) is 0 Å². The molecular weight excluding hydrogens is 344 g/mol. The first-order valence-electron chi connectivity index (χ1n) is 10.5. The van der Waals surface area contributed by atoms with Crippen LogP contribution in [0.3, 0.4) is 0 Å². The summed E-state index contributed by atoms with van der Waals surface area (Å²) in [7, 11) is 0. The van der Waals surface area contributed by atoms with Gasteiger partial charge in [-0.1, -0.05) is 76.1 Å². The Morgan fingerprint density at radius 3 is 2.11 bits per heavy atom. The van der Waals surface area contributed by atoms with Gasteiger partial charge in [0, 0.05) is 0 Å². The fourth-order valence-electron chi connectivity index (χ4n) is 3.85. The number of aliphatic hydroxyl groups excluding tert-OH is 4. The molecule has 0 aromatic heterocycles. The predicted octanol–water partition coefficient (Wildman–Crippen LogP) is 2.88. The average molecular weight is 381 g/mol. The molecule has 154 valence electrons. The van der Waals surface area contributed by atoms with Gasteiger partial charge in [0.15, 0.2) is 0 Å². The van der Waals surface area contributed by atoms with E-state index in [0.29, 0.717) is 0 Å². The summed E-state index contributed by atoms with van der Waals surface area (Å²) < 4.78 is 5.73. The SMILES string of the molecule is CCCCCCCCCCc1ccccc1C1O[C@H](CO)[C@@H](O)[C@H](O)[C@@H]1O. The van der Waals surface area contributed by atoms with Crippen LogP contribution in [-0.2, 0) is 11.2 Å². The zero-order chi connectivity index (χ0) is 19.6. The van der Waals surface area contributed by atoms with Crippen molar-refractivity contribution >= 4 is 0 Å². The fraction of sp³-hybridized carbons (Fsp3) is 0.727. The standard InChI is InChI=1S/C22H36O5/c1-2-3-4-5-6-7-8-9-12-16-13-10-11-14-17(16)22-21(26)20(25)19(24)18(15-23)27-22/h10-11,13-14,18-26H,2-9,12,15H2,1H3/t18-,19-,20+,21+,22?/m1/s1. The van der Waals surface area contributed by atoms with Gasteiger partial charge in [-0.3, -0.25) is 0 Å². The van der Waals surface area contributed by atoms with Crippen molar-refractivity contribution in [3.05, 3.63) is 35.4 Å². The number of hydrogen-bond donors (Lipinski definition) is 4. The molecule has 1 unspecified atom stereocenters. The molecule has 0 saturated carbocycles. The molecule has 0 radical (unpaired) electrons. The van der Waals surface area contributed by atoms with E-state index >= 15 is 0 Å². The van der Waals surface area contributed by atoms with Gasteiger partial charge in [-0.25, -0.2) is 0 Å². The summed E-state index contributed by atoms with van der Waals surface area (Å²) in [6.07, 6.45) is 5.42. The van der Waals surface area contributed by atoms with Crippen molar-refractivity contribution in [2.75, 3.05) is 6.61 Å². The Bertz CT molecular complexity index is 533. The highest BCUT2D eigenvalue weighted by Gasteiger charge is 2.44. The monoisotopic (exact) mass is 380 g/mol. The molecule has 2 rings (SSSR count). The molecule has 1 aromatic rings. The second kappa shape index (κ2) is 11.8. The third-order valence-corrected chi connectivity index (χ3v) is 5.55. The Kier molecular flexibility index (Phi) is 9.73. The topological polar surface area (TPSA) is 90.2 Å². The minimum absolute atomic E-state index is 0.401. The maximum Gasteiger partial charge on any atom is 0.113 e. The van der Waals surface area contributed by atoms with Crippen molar-refractivity contribution < 1.29 is 25.2 Å². The normalized spacial score (nSPS) is 28.4. The first-order chi connectivity index (χ1) is 13.1. The Balaban J connectivity index is 1.91. The summed E-state index contributed by atoms with van der Waals surface area (Å²) in [6.45, 7) is 1.83. The molecule has 5 nitrogen and oxygen atoms in total. The van der Waals surface area contributed by atoms with Gasteiger partial charge in [-0.2, -0.15) is 0 Å². The van der Waals surface area contributed by atoms with E-state index in [1.165, 1.54) is 44.9 Å². The van der Waals surface area contributed by atoms with Crippen molar-refractivity contribution in [1.82, 2.24) is 0 Å². The molecule has 0 bridgehead atoms. The maximum absolute atomic E-state index is 10.4. The van der Waals surface area contributed by atoms with E-state index in [2.05, 4.69) is 6.92 Å². The van der Waals surface area contributed by atoms with Crippen LogP contribution in [-0.4, -0.2) is 51.4 Å². The summed E-state index contributed by atoms with van der Waals surface area (Å²) in [5.74, 6) is 0. The first-order valence-corrected chi connectivity index (χ1v) is 10.5. The molecule has 4 N–H and O–H groups in total. The Morgan fingerprint density at radius 1 is 0.815 bits per heavy atom. The van der Waals surface area contributed by atoms with E-state index in [1.807, 2.05) is 24.3 Å². The Labute approximate surface area is 163 Å². The third-order valence-electron chi connectivity index (χ3n) is 5.55. The van der Waals surface area contributed by atoms with Gasteiger partial charge in [0.25, 0.3) is 0 Å². The molecule has 1 aromatic carbocycles. The van der Waals surface area contributed by atoms with Crippen LogP contribution in [0, 0.1) is 0 Å². The van der Waals surface area contributed by atoms with Gasteiger partial charge in [0.2, 0.25) is 0 Å². The number of hydrogen-bond acceptors (Lipinski definition) is 5. The number of aliphatic hydroxyl groups is 4. The zero-order valence-corrected chi connectivity index (χ0v) is 16.5. The van der Waals surface area contributed by atoms with Gasteiger partial charge in [-0.15, -0.1) is 0 Å². The molecule has 1 aliphatic rings. The second-order valence-corrected chi connectivity index (χ2v) is 7.67. The lowest BCUT2D eigenvalue weighted by atomic mass is 9.88. The van der Waals surface area contributed by atoms with E-state index in [-0.39, 0.29) is 0 Å². The van der Waals surface area contributed by atoms with E-state index in [0.717, 1.165) is 24.0 Å². The largest absolute Gasteiger partial charge is 0.394 e. The quantitative estimate of drug-likeness (QED) is 0.443. The van der Waals surface area contributed by atoms with Gasteiger partial charge in [0.05, 0.1) is 6.61 Å². The van der Waals surface area contributed by atoms with Crippen LogP contribution in [0.1, 0.15) is 75.5 Å². The van der Waals surface area contributed by atoms with Crippen LogP contribution < -0.4 is 0 Å². The first kappa shape index (κ1) is 22.3. The number of unbranched alkanes of at least 4 members (excludes halogenated alkanes) is 7. The maximum atomic E-state index is 10.4. The number of aryl methyl sites for hydroxylation is 1. The van der Waals surface area contributed by atoms with E-state index in [9.17, 15) is 20.4 Å². The molecule has 1 fully saturated rings. The van der Waals surface area contributed by atoms with Crippen LogP contribution in [0.5, 0.6) is 0 Å². The smallest absolute Gasteiger partial charge is 0.113 e. The molecule has 1 saturated heterocycles. The van der Waals surface area contributed by atoms with Gasteiger partial charge >= 0.3 is 0 Å². The summed E-state index contributed by atoms with van der Waals surface area (Å²) >= 11 is 0. The van der Waals surface area contributed by atoms with E-state index < -0.39 is 37.1 Å². The minimum atomic E-state index is -1.34. The van der Waals surface area contributed by atoms with Gasteiger partial charge < -0.3 is 25.2 Å². The summed E-state index contributed by atoms with van der Waals surface area (Å²) in [4.78, 5) is 0. The van der Waals surface area contributed by atoms with E-state index in [1.54, 1.807) is 0 Å². The fourth-order valence-corrected chi connectivity index (χ4v) is 3.85. The van der Waals surface area contributed by atoms with Gasteiger partial charge in [0.1, 0.15) is 30.5 Å². The Morgan fingerprint density at radius 2 is 1.44 bits per heavy atom. The molecule has 0 spiro atoms. The van der Waals surface area contributed by atoms with E-state index in [4.69, 9.17) is 4.74 Å². The molecule has 5 atom stereocenters. The van der Waals surface area contributed by atoms with Crippen LogP contribution >= 0.6 is 0 Å². The lowest BCUT2D eigenvalue weighted by Crippen LogP contribution is -2.55. The zero-order valence-electron chi connectivity index (χ0n) is 16.5. The van der Waals surface area contributed by atoms with Crippen LogP contribution in [0.25, 0.3) is 0 Å². The lowest BCUT2D eigenvalue weighted by molar-refractivity contribution is -0.231. The van der Waals surface area contributed by atoms with Gasteiger partial charge in [-0.05, 0) is 24.0 Å². The molecular formula is C22H36O5. The molecule has 0 aliphatic carbocycles. The minimum Gasteiger partial charge on any atom is -0.394 e. The molecule has 1 aliphatic heterocycles. The highest BCUT2D eigenvalue weighted by Crippen LogP contribution is 2.34. The van der Waals surface area contributed by atoms with Crippen molar-refractivity contribution in [1.29, 1.82) is 0 Å². The highest BCUT2D eigenvalue weighted by atomic mass is 16.5. The molecule has 5 heteroatoms. The Hall–Kier alpha value is -0.980. The summed E-state index contributed by atoms with van der Waals surface area (Å²) in [5.41, 5.74) is 1.92. The number of ether oxygens (including phenoxy) is 1. The predicted molar refractivity (Wildman–Crippen MR) is 105 cm³/mol. The van der Waals surface area contributed by atoms with Crippen LogP contribution in [0.2, 0.25) is 0 Å². The lowest BCUT2D eigenvalue weighted by Gasteiger charge is -2.40. The molecule has 27 heavy (non-hydrogen) atoms. The number of benzene rings is 1. The van der Waals surface area contributed by atoms with Crippen molar-refractivity contribution in [3.63, 3.8) is 0 Å². The van der Waals surface area contributed by atoms with Crippen molar-refractivity contribution in [2.45, 2.75) is 95.2 Å². The van der Waals surface area contributed by atoms with Crippen molar-refractivity contribution in [2.24, 2.45) is 0 Å². The van der Waals surface area contributed by atoms with Crippen LogP contribution in [0.4, 0.5) is 0 Å². The third kappa shape index (κ3) is 6.26.